The topological polar surface area (TPSA) is 121 Å². The van der Waals surface area contributed by atoms with Crippen molar-refractivity contribution in [3.8, 4) is 0 Å². The van der Waals surface area contributed by atoms with E-state index in [0.29, 0.717) is 31.9 Å². The lowest BCUT2D eigenvalue weighted by molar-refractivity contribution is 0.0431. The van der Waals surface area contributed by atoms with Gasteiger partial charge in [-0.1, -0.05) is 0 Å². The third kappa shape index (κ3) is 5.86. The number of esters is 1. The van der Waals surface area contributed by atoms with Gasteiger partial charge in [0.25, 0.3) is 0 Å². The van der Waals surface area contributed by atoms with Crippen LogP contribution >= 0.6 is 0 Å². The molecule has 0 saturated carbocycles. The van der Waals surface area contributed by atoms with Gasteiger partial charge in [0.2, 0.25) is 0 Å². The molecule has 0 radical (unpaired) electrons. The van der Waals surface area contributed by atoms with Crippen LogP contribution in [0.25, 0.3) is 0 Å². The number of aromatic nitrogens is 1. The summed E-state index contributed by atoms with van der Waals surface area (Å²) in [6.07, 6.45) is 0. The summed E-state index contributed by atoms with van der Waals surface area (Å²) in [5.41, 5.74) is 5.47. The van der Waals surface area contributed by atoms with E-state index < -0.39 is 11.9 Å². The summed E-state index contributed by atoms with van der Waals surface area (Å²) in [5.74, 6) is -1.93. The van der Waals surface area contributed by atoms with Crippen molar-refractivity contribution >= 4 is 11.9 Å². The lowest BCUT2D eigenvalue weighted by Gasteiger charge is -2.07. The molecule has 1 rings (SSSR count). The quantitative estimate of drug-likeness (QED) is 0.485. The molecule has 116 valence electrons. The van der Waals surface area contributed by atoms with Crippen LogP contribution in [-0.4, -0.2) is 55.5 Å². The summed E-state index contributed by atoms with van der Waals surface area (Å²) in [7, 11) is 1.20. The molecule has 0 saturated heterocycles. The number of ether oxygens (including phenoxy) is 3. The number of carbonyl (C=O) groups excluding carboxylic acids is 1. The number of carbonyl (C=O) groups is 2. The molecule has 0 unspecified atom stereocenters. The van der Waals surface area contributed by atoms with E-state index in [-0.39, 0.29) is 18.0 Å². The van der Waals surface area contributed by atoms with Crippen LogP contribution in [-0.2, 0) is 20.8 Å². The summed E-state index contributed by atoms with van der Waals surface area (Å²) >= 11 is 0. The molecular weight excluding hydrogens is 280 g/mol. The maximum absolute atomic E-state index is 11.4. The number of carboxylic acids is 1. The molecule has 0 fully saturated rings. The number of nitrogens with two attached hydrogens (primary N) is 1. The van der Waals surface area contributed by atoms with Crippen molar-refractivity contribution in [3.63, 3.8) is 0 Å². The first-order valence-electron chi connectivity index (χ1n) is 6.26. The molecule has 0 aliphatic rings. The Morgan fingerprint density at radius 3 is 2.48 bits per heavy atom. The molecule has 0 spiro atoms. The van der Waals surface area contributed by atoms with Crippen molar-refractivity contribution in [3.05, 3.63) is 29.1 Å². The summed E-state index contributed by atoms with van der Waals surface area (Å²) in [6, 6.07) is 2.77. The molecular formula is C13H18N2O6. The molecule has 8 heteroatoms. The highest BCUT2D eigenvalue weighted by Gasteiger charge is 2.14. The maximum atomic E-state index is 11.4. The van der Waals surface area contributed by atoms with Gasteiger partial charge in [-0.05, 0) is 17.7 Å². The van der Waals surface area contributed by atoms with E-state index in [1.54, 1.807) is 0 Å². The molecule has 0 aliphatic carbocycles. The summed E-state index contributed by atoms with van der Waals surface area (Å²) < 4.78 is 15.0. The zero-order valence-corrected chi connectivity index (χ0v) is 11.7. The van der Waals surface area contributed by atoms with Gasteiger partial charge in [-0.3, -0.25) is 0 Å². The molecule has 0 bridgehead atoms. The van der Waals surface area contributed by atoms with Crippen molar-refractivity contribution < 1.29 is 28.9 Å². The Balaban J connectivity index is 2.65. The average Bonchev–Trinajstić information content (AvgIpc) is 2.49. The second-order valence-electron chi connectivity index (χ2n) is 4.00. The highest BCUT2D eigenvalue weighted by molar-refractivity contribution is 5.91. The van der Waals surface area contributed by atoms with Gasteiger partial charge < -0.3 is 25.1 Å². The fourth-order valence-corrected chi connectivity index (χ4v) is 1.48. The maximum Gasteiger partial charge on any atom is 0.356 e. The Labute approximate surface area is 121 Å². The smallest absolute Gasteiger partial charge is 0.356 e. The van der Waals surface area contributed by atoms with Gasteiger partial charge in [-0.25, -0.2) is 14.6 Å². The van der Waals surface area contributed by atoms with Crippen molar-refractivity contribution in [1.29, 1.82) is 0 Å². The minimum Gasteiger partial charge on any atom is -0.477 e. The van der Waals surface area contributed by atoms with Crippen molar-refractivity contribution in [1.82, 2.24) is 4.98 Å². The van der Waals surface area contributed by atoms with E-state index in [9.17, 15) is 9.59 Å². The lowest BCUT2D eigenvalue weighted by Crippen LogP contribution is -2.13. The van der Waals surface area contributed by atoms with Gasteiger partial charge in [0.05, 0.1) is 33.5 Å². The average molecular weight is 298 g/mol. The van der Waals surface area contributed by atoms with Crippen molar-refractivity contribution in [2.45, 2.75) is 6.61 Å². The van der Waals surface area contributed by atoms with E-state index in [4.69, 9.17) is 20.3 Å². The minimum absolute atomic E-state index is 0.0737. The Bertz CT molecular complexity index is 492. The number of carboxylic acid groups (broad SMARTS) is 1. The zero-order valence-electron chi connectivity index (χ0n) is 11.7. The second kappa shape index (κ2) is 9.01. The van der Waals surface area contributed by atoms with Crippen LogP contribution in [0.5, 0.6) is 0 Å². The number of rotatable bonds is 9. The summed E-state index contributed by atoms with van der Waals surface area (Å²) in [4.78, 5) is 26.1. The Morgan fingerprint density at radius 2 is 1.86 bits per heavy atom. The number of hydrogen-bond acceptors (Lipinski definition) is 7. The first kappa shape index (κ1) is 17.0. The monoisotopic (exact) mass is 298 g/mol. The van der Waals surface area contributed by atoms with Crippen molar-refractivity contribution in [2.75, 3.05) is 33.5 Å². The van der Waals surface area contributed by atoms with Crippen molar-refractivity contribution in [2.24, 2.45) is 5.73 Å². The Hall–Kier alpha value is -2.03. The van der Waals surface area contributed by atoms with E-state index in [2.05, 4.69) is 9.72 Å². The number of hydrogen-bond donors (Lipinski definition) is 2. The van der Waals surface area contributed by atoms with Crippen LogP contribution < -0.4 is 5.73 Å². The van der Waals surface area contributed by atoms with Crippen LogP contribution in [0.15, 0.2) is 12.1 Å². The van der Waals surface area contributed by atoms with Gasteiger partial charge in [0, 0.05) is 6.54 Å². The predicted molar refractivity (Wildman–Crippen MR) is 72.1 cm³/mol. The highest BCUT2D eigenvalue weighted by Crippen LogP contribution is 2.09. The Kier molecular flexibility index (Phi) is 7.30. The van der Waals surface area contributed by atoms with E-state index in [0.717, 1.165) is 0 Å². The molecule has 0 amide bonds. The lowest BCUT2D eigenvalue weighted by atomic mass is 10.2. The van der Waals surface area contributed by atoms with Gasteiger partial charge in [0.1, 0.15) is 11.4 Å². The fraction of sp³-hybridized carbons (Fsp3) is 0.462. The summed E-state index contributed by atoms with van der Waals surface area (Å²) in [5, 5.41) is 8.97. The first-order chi connectivity index (χ1) is 10.1. The molecule has 1 heterocycles. The fourth-order valence-electron chi connectivity index (χ4n) is 1.48. The molecule has 1 aromatic rings. The van der Waals surface area contributed by atoms with E-state index in [1.807, 2.05) is 0 Å². The van der Waals surface area contributed by atoms with Gasteiger partial charge in [-0.15, -0.1) is 0 Å². The predicted octanol–water partition coefficient (Wildman–Crippen LogP) is 0.0583. The molecule has 21 heavy (non-hydrogen) atoms. The van der Waals surface area contributed by atoms with Crippen LogP contribution in [0.4, 0.5) is 0 Å². The summed E-state index contributed by atoms with van der Waals surface area (Å²) in [6.45, 7) is 1.75. The SMILES string of the molecule is COC(=O)c1cc(COCCOCCN)cc(C(=O)O)n1. The first-order valence-corrected chi connectivity index (χ1v) is 6.26. The van der Waals surface area contributed by atoms with Crippen LogP contribution in [0.2, 0.25) is 0 Å². The number of aromatic carboxylic acids is 1. The number of nitrogens with zero attached hydrogens (tertiary/aromatic N) is 1. The standard InChI is InChI=1S/C13H18N2O6/c1-19-13(18)11-7-9(6-10(15-11)12(16)17)8-21-5-4-20-3-2-14/h6-7H,2-5,8,14H2,1H3,(H,16,17). The number of pyridine rings is 1. The number of methoxy groups -OCH3 is 1. The van der Waals surface area contributed by atoms with Crippen LogP contribution in [0.1, 0.15) is 26.5 Å². The molecule has 3 N–H and O–H groups in total. The minimum atomic E-state index is -1.23. The molecule has 8 nitrogen and oxygen atoms in total. The third-order valence-corrected chi connectivity index (χ3v) is 2.40. The Morgan fingerprint density at radius 1 is 1.19 bits per heavy atom. The van der Waals surface area contributed by atoms with Crippen LogP contribution in [0, 0.1) is 0 Å². The second-order valence-corrected chi connectivity index (χ2v) is 4.00. The molecule has 0 aromatic carbocycles. The largest absolute Gasteiger partial charge is 0.477 e. The highest BCUT2D eigenvalue weighted by atomic mass is 16.5. The molecule has 0 aliphatic heterocycles. The zero-order chi connectivity index (χ0) is 15.7. The molecule has 0 atom stereocenters. The normalized spacial score (nSPS) is 10.4. The van der Waals surface area contributed by atoms with Crippen LogP contribution in [0.3, 0.4) is 0 Å². The third-order valence-electron chi connectivity index (χ3n) is 2.40. The van der Waals surface area contributed by atoms with E-state index >= 15 is 0 Å². The molecule has 1 aromatic heterocycles. The van der Waals surface area contributed by atoms with Gasteiger partial charge in [-0.2, -0.15) is 0 Å². The van der Waals surface area contributed by atoms with Gasteiger partial charge in [0.15, 0.2) is 0 Å². The van der Waals surface area contributed by atoms with Gasteiger partial charge >= 0.3 is 11.9 Å². The van der Waals surface area contributed by atoms with E-state index in [1.165, 1.54) is 19.2 Å².